The van der Waals surface area contributed by atoms with Crippen LogP contribution in [0.1, 0.15) is 12.0 Å². The van der Waals surface area contributed by atoms with Crippen molar-refractivity contribution in [3.63, 3.8) is 0 Å². The van der Waals surface area contributed by atoms with E-state index in [2.05, 4.69) is 37.7 Å². The molecule has 3 rings (SSSR count). The summed E-state index contributed by atoms with van der Waals surface area (Å²) in [6.07, 6.45) is 2.38. The van der Waals surface area contributed by atoms with Crippen LogP contribution in [0.4, 0.5) is 11.8 Å². The van der Waals surface area contributed by atoms with Crippen LogP contribution in [0.3, 0.4) is 0 Å². The fourth-order valence-corrected chi connectivity index (χ4v) is 2.27. The SMILES string of the molecule is Cn1cnc2c(NCc3ccccc3)nc(NCCCO)nc21. The standard InChI is InChI=1S/C16H20N6O/c1-22-11-19-13-14(18-10-12-6-3-2-4-7-12)20-16(21-15(13)22)17-8-5-9-23/h2-4,6-7,11,23H,5,8-10H2,1H3,(H2,17,18,20,21). The van der Waals surface area contributed by atoms with E-state index in [0.29, 0.717) is 31.3 Å². The van der Waals surface area contributed by atoms with Crippen LogP contribution in [0.2, 0.25) is 0 Å². The molecule has 23 heavy (non-hydrogen) atoms. The van der Waals surface area contributed by atoms with Gasteiger partial charge in [-0.1, -0.05) is 30.3 Å². The Morgan fingerprint density at radius 2 is 1.96 bits per heavy atom. The van der Waals surface area contributed by atoms with Crippen molar-refractivity contribution in [3.8, 4) is 0 Å². The minimum absolute atomic E-state index is 0.139. The van der Waals surface area contributed by atoms with E-state index in [-0.39, 0.29) is 6.61 Å². The molecule has 7 heteroatoms. The first-order valence-corrected chi connectivity index (χ1v) is 7.59. The zero-order valence-electron chi connectivity index (χ0n) is 13.0. The number of nitrogens with one attached hydrogen (secondary N) is 2. The van der Waals surface area contributed by atoms with Crippen LogP contribution in [0.15, 0.2) is 36.7 Å². The van der Waals surface area contributed by atoms with Crippen LogP contribution in [-0.2, 0) is 13.6 Å². The maximum absolute atomic E-state index is 8.88. The molecule has 0 atom stereocenters. The van der Waals surface area contributed by atoms with Gasteiger partial charge in [-0.25, -0.2) is 4.98 Å². The third-order valence-electron chi connectivity index (χ3n) is 3.48. The minimum Gasteiger partial charge on any atom is -0.396 e. The molecular formula is C16H20N6O. The number of fused-ring (bicyclic) bond motifs is 1. The number of hydrogen-bond acceptors (Lipinski definition) is 6. The molecule has 2 aromatic heterocycles. The van der Waals surface area contributed by atoms with Crippen LogP contribution < -0.4 is 10.6 Å². The molecule has 0 bridgehead atoms. The highest BCUT2D eigenvalue weighted by atomic mass is 16.3. The van der Waals surface area contributed by atoms with Crippen LogP contribution in [-0.4, -0.2) is 37.8 Å². The monoisotopic (exact) mass is 312 g/mol. The predicted molar refractivity (Wildman–Crippen MR) is 90.3 cm³/mol. The van der Waals surface area contributed by atoms with Crippen molar-refractivity contribution in [1.29, 1.82) is 0 Å². The van der Waals surface area contributed by atoms with Gasteiger partial charge in [0.2, 0.25) is 5.95 Å². The van der Waals surface area contributed by atoms with Gasteiger partial charge >= 0.3 is 0 Å². The Kier molecular flexibility index (Phi) is 4.68. The van der Waals surface area contributed by atoms with Gasteiger partial charge in [0, 0.05) is 26.7 Å². The Bertz CT molecular complexity index is 771. The van der Waals surface area contributed by atoms with E-state index < -0.39 is 0 Å². The Hall–Kier alpha value is -2.67. The first kappa shape index (κ1) is 15.2. The summed E-state index contributed by atoms with van der Waals surface area (Å²) >= 11 is 0. The second-order valence-electron chi connectivity index (χ2n) is 5.27. The highest BCUT2D eigenvalue weighted by molar-refractivity contribution is 5.84. The largest absolute Gasteiger partial charge is 0.396 e. The lowest BCUT2D eigenvalue weighted by Gasteiger charge is -2.10. The van der Waals surface area contributed by atoms with Crippen molar-refractivity contribution in [2.75, 3.05) is 23.8 Å². The van der Waals surface area contributed by atoms with Crippen LogP contribution in [0, 0.1) is 0 Å². The zero-order valence-corrected chi connectivity index (χ0v) is 13.0. The summed E-state index contributed by atoms with van der Waals surface area (Å²) in [5.74, 6) is 1.23. The second kappa shape index (κ2) is 7.06. The van der Waals surface area contributed by atoms with Crippen molar-refractivity contribution in [1.82, 2.24) is 19.5 Å². The van der Waals surface area contributed by atoms with Gasteiger partial charge in [-0.15, -0.1) is 0 Å². The quantitative estimate of drug-likeness (QED) is 0.576. The number of hydrogen-bond donors (Lipinski definition) is 3. The minimum atomic E-state index is 0.139. The van der Waals surface area contributed by atoms with Gasteiger partial charge in [-0.2, -0.15) is 9.97 Å². The van der Waals surface area contributed by atoms with Crippen molar-refractivity contribution < 1.29 is 5.11 Å². The van der Waals surface area contributed by atoms with Gasteiger partial charge in [0.05, 0.1) is 6.33 Å². The van der Waals surface area contributed by atoms with E-state index in [1.54, 1.807) is 6.33 Å². The van der Waals surface area contributed by atoms with Gasteiger partial charge in [0.1, 0.15) is 0 Å². The summed E-state index contributed by atoms with van der Waals surface area (Å²) in [6, 6.07) is 10.1. The average Bonchev–Trinajstić information content (AvgIpc) is 2.95. The summed E-state index contributed by atoms with van der Waals surface area (Å²) in [5, 5.41) is 15.3. The smallest absolute Gasteiger partial charge is 0.226 e. The number of rotatable bonds is 7. The number of benzene rings is 1. The van der Waals surface area contributed by atoms with Gasteiger partial charge in [0.15, 0.2) is 17.0 Å². The normalized spacial score (nSPS) is 10.9. The Morgan fingerprint density at radius 3 is 2.74 bits per heavy atom. The lowest BCUT2D eigenvalue weighted by Crippen LogP contribution is -2.10. The molecule has 0 spiro atoms. The molecule has 0 aliphatic rings. The number of aliphatic hydroxyl groups is 1. The summed E-state index contributed by atoms with van der Waals surface area (Å²) in [6.45, 7) is 1.43. The first-order chi connectivity index (χ1) is 11.3. The molecule has 3 N–H and O–H groups in total. The lowest BCUT2D eigenvalue weighted by atomic mass is 10.2. The average molecular weight is 312 g/mol. The van der Waals surface area contributed by atoms with E-state index in [9.17, 15) is 0 Å². The molecule has 0 fully saturated rings. The molecule has 0 radical (unpaired) electrons. The van der Waals surface area contributed by atoms with Crippen molar-refractivity contribution in [2.45, 2.75) is 13.0 Å². The maximum Gasteiger partial charge on any atom is 0.226 e. The number of imidazole rings is 1. The maximum atomic E-state index is 8.88. The third-order valence-corrected chi connectivity index (χ3v) is 3.48. The third kappa shape index (κ3) is 3.57. The van der Waals surface area contributed by atoms with Gasteiger partial charge in [-0.05, 0) is 12.0 Å². The molecule has 1 aromatic carbocycles. The van der Waals surface area contributed by atoms with E-state index in [1.165, 1.54) is 5.56 Å². The second-order valence-corrected chi connectivity index (χ2v) is 5.27. The molecule has 0 unspecified atom stereocenters. The summed E-state index contributed by atoms with van der Waals surface area (Å²) in [5.41, 5.74) is 2.68. The molecule has 0 aliphatic carbocycles. The molecule has 0 amide bonds. The molecule has 0 aliphatic heterocycles. The highest BCUT2D eigenvalue weighted by Crippen LogP contribution is 2.20. The first-order valence-electron chi connectivity index (χ1n) is 7.59. The van der Waals surface area contributed by atoms with Gasteiger partial charge < -0.3 is 20.3 Å². The topological polar surface area (TPSA) is 87.9 Å². The molecule has 2 heterocycles. The summed E-state index contributed by atoms with van der Waals surface area (Å²) in [4.78, 5) is 13.4. The Balaban J connectivity index is 1.84. The van der Waals surface area contributed by atoms with Crippen molar-refractivity contribution in [2.24, 2.45) is 7.05 Å². The van der Waals surface area contributed by atoms with Gasteiger partial charge in [0.25, 0.3) is 0 Å². The van der Waals surface area contributed by atoms with Gasteiger partial charge in [-0.3, -0.25) is 0 Å². The number of aliphatic hydroxyl groups excluding tert-OH is 1. The molecule has 0 saturated heterocycles. The van der Waals surface area contributed by atoms with Crippen molar-refractivity contribution in [3.05, 3.63) is 42.2 Å². The fraction of sp³-hybridized carbons (Fsp3) is 0.312. The number of aromatic nitrogens is 4. The predicted octanol–water partition coefficient (Wildman–Crippen LogP) is 1.77. The van der Waals surface area contributed by atoms with Crippen LogP contribution in [0.5, 0.6) is 0 Å². The lowest BCUT2D eigenvalue weighted by molar-refractivity contribution is 0.292. The highest BCUT2D eigenvalue weighted by Gasteiger charge is 2.11. The molecule has 0 saturated carbocycles. The Labute approximate surface area is 134 Å². The molecule has 120 valence electrons. The number of aryl methyl sites for hydroxylation is 1. The van der Waals surface area contributed by atoms with E-state index in [0.717, 1.165) is 11.2 Å². The van der Waals surface area contributed by atoms with Crippen LogP contribution in [0.25, 0.3) is 11.2 Å². The molecular weight excluding hydrogens is 292 g/mol. The molecule has 7 nitrogen and oxygen atoms in total. The number of nitrogens with zero attached hydrogens (tertiary/aromatic N) is 4. The Morgan fingerprint density at radius 1 is 1.13 bits per heavy atom. The zero-order chi connectivity index (χ0) is 16.1. The van der Waals surface area contributed by atoms with E-state index in [4.69, 9.17) is 5.11 Å². The summed E-state index contributed by atoms with van der Waals surface area (Å²) in [7, 11) is 1.90. The van der Waals surface area contributed by atoms with Crippen LogP contribution >= 0.6 is 0 Å². The van der Waals surface area contributed by atoms with E-state index in [1.807, 2.05) is 29.8 Å². The summed E-state index contributed by atoms with van der Waals surface area (Å²) < 4.78 is 1.86. The van der Waals surface area contributed by atoms with E-state index >= 15 is 0 Å². The fourth-order valence-electron chi connectivity index (χ4n) is 2.27. The van der Waals surface area contributed by atoms with Crippen molar-refractivity contribution >= 4 is 22.9 Å². The molecule has 3 aromatic rings. The number of anilines is 2.